The first-order chi connectivity index (χ1) is 9.58. The van der Waals surface area contributed by atoms with E-state index >= 15 is 0 Å². The highest BCUT2D eigenvalue weighted by Crippen LogP contribution is 2.24. The average molecular weight is 276 g/mol. The smallest absolute Gasteiger partial charge is 0.226 e. The van der Waals surface area contributed by atoms with Crippen LogP contribution in [0.25, 0.3) is 0 Å². The van der Waals surface area contributed by atoms with Crippen molar-refractivity contribution >= 4 is 11.6 Å². The molecule has 0 spiro atoms. The lowest BCUT2D eigenvalue weighted by atomic mass is 9.96. The summed E-state index contributed by atoms with van der Waals surface area (Å²) in [6, 6.07) is 7.26. The third-order valence-electron chi connectivity index (χ3n) is 3.93. The minimum atomic E-state index is 0.0686. The molecule has 0 bridgehead atoms. The van der Waals surface area contributed by atoms with Crippen LogP contribution in [0.5, 0.6) is 5.75 Å². The Labute approximate surface area is 121 Å². The van der Waals surface area contributed by atoms with Crippen molar-refractivity contribution < 1.29 is 9.90 Å². The maximum absolute atomic E-state index is 12.3. The van der Waals surface area contributed by atoms with E-state index in [1.54, 1.807) is 17.0 Å². The number of amides is 1. The maximum atomic E-state index is 12.3. The van der Waals surface area contributed by atoms with Crippen LogP contribution in [0.4, 0.5) is 5.69 Å². The lowest BCUT2D eigenvalue weighted by Gasteiger charge is -2.32. The number of hydrogen-bond donors (Lipinski definition) is 1. The number of rotatable bonds is 2. The van der Waals surface area contributed by atoms with Crippen molar-refractivity contribution in [3.63, 3.8) is 0 Å². The molecule has 20 heavy (non-hydrogen) atoms. The van der Waals surface area contributed by atoms with Crippen LogP contribution < -0.4 is 4.90 Å². The molecule has 1 saturated heterocycles. The van der Waals surface area contributed by atoms with Crippen molar-refractivity contribution in [2.24, 2.45) is 5.92 Å². The van der Waals surface area contributed by atoms with Gasteiger partial charge in [-0.15, -0.1) is 0 Å². The lowest BCUT2D eigenvalue weighted by molar-refractivity contribution is -0.133. The SMILES string of the molecule is CN(C)C(=O)[C@H]1CCCCCN(c2ccc(O)cc2)C1. The molecule has 1 aromatic rings. The summed E-state index contributed by atoms with van der Waals surface area (Å²) in [7, 11) is 3.65. The second-order valence-electron chi connectivity index (χ2n) is 5.74. The highest BCUT2D eigenvalue weighted by molar-refractivity contribution is 5.79. The number of aromatic hydroxyl groups is 1. The molecule has 0 unspecified atom stereocenters. The van der Waals surface area contributed by atoms with Crippen molar-refractivity contribution in [2.75, 3.05) is 32.1 Å². The van der Waals surface area contributed by atoms with Gasteiger partial charge in [0.15, 0.2) is 0 Å². The number of phenolic OH excluding ortho intramolecular Hbond substituents is 1. The summed E-state index contributed by atoms with van der Waals surface area (Å²) in [5.41, 5.74) is 1.08. The van der Waals surface area contributed by atoms with Crippen molar-refractivity contribution in [1.82, 2.24) is 4.90 Å². The van der Waals surface area contributed by atoms with Gasteiger partial charge in [-0.1, -0.05) is 12.8 Å². The molecule has 1 aliphatic rings. The number of nitrogens with zero attached hydrogens (tertiary/aromatic N) is 2. The van der Waals surface area contributed by atoms with Crippen LogP contribution in [-0.4, -0.2) is 43.1 Å². The van der Waals surface area contributed by atoms with Gasteiger partial charge in [-0.3, -0.25) is 4.79 Å². The van der Waals surface area contributed by atoms with Gasteiger partial charge in [-0.25, -0.2) is 0 Å². The first-order valence-corrected chi connectivity index (χ1v) is 7.33. The van der Waals surface area contributed by atoms with E-state index < -0.39 is 0 Å². The van der Waals surface area contributed by atoms with Crippen LogP contribution in [0, 0.1) is 5.92 Å². The van der Waals surface area contributed by atoms with E-state index in [1.807, 2.05) is 26.2 Å². The topological polar surface area (TPSA) is 43.8 Å². The van der Waals surface area contributed by atoms with Gasteiger partial charge in [0.2, 0.25) is 5.91 Å². The Hall–Kier alpha value is -1.71. The van der Waals surface area contributed by atoms with Crippen molar-refractivity contribution in [2.45, 2.75) is 25.7 Å². The van der Waals surface area contributed by atoms with Crippen molar-refractivity contribution in [1.29, 1.82) is 0 Å². The van der Waals surface area contributed by atoms with E-state index in [2.05, 4.69) is 4.90 Å². The number of phenols is 1. The minimum absolute atomic E-state index is 0.0686. The zero-order valence-corrected chi connectivity index (χ0v) is 12.4. The monoisotopic (exact) mass is 276 g/mol. The molecule has 0 aliphatic carbocycles. The van der Waals surface area contributed by atoms with Crippen molar-refractivity contribution in [3.05, 3.63) is 24.3 Å². The van der Waals surface area contributed by atoms with Crippen molar-refractivity contribution in [3.8, 4) is 5.75 Å². The van der Waals surface area contributed by atoms with E-state index in [1.165, 1.54) is 6.42 Å². The number of carbonyl (C=O) groups is 1. The molecule has 110 valence electrons. The van der Waals surface area contributed by atoms with Crippen LogP contribution >= 0.6 is 0 Å². The van der Waals surface area contributed by atoms with Gasteiger partial charge < -0.3 is 14.9 Å². The molecule has 1 amide bonds. The highest BCUT2D eigenvalue weighted by Gasteiger charge is 2.24. The summed E-state index contributed by atoms with van der Waals surface area (Å²) < 4.78 is 0. The van der Waals surface area contributed by atoms with Gasteiger partial charge in [-0.2, -0.15) is 0 Å². The summed E-state index contributed by atoms with van der Waals surface area (Å²) in [4.78, 5) is 16.2. The summed E-state index contributed by atoms with van der Waals surface area (Å²) in [6.45, 7) is 1.74. The van der Waals surface area contributed by atoms with Crippen LogP contribution in [-0.2, 0) is 4.79 Å². The quantitative estimate of drug-likeness (QED) is 0.902. The fourth-order valence-electron chi connectivity index (χ4n) is 2.78. The minimum Gasteiger partial charge on any atom is -0.508 e. The average Bonchev–Trinajstić information content (AvgIpc) is 2.39. The molecule has 4 heteroatoms. The van der Waals surface area contributed by atoms with Gasteiger partial charge in [0.05, 0.1) is 5.92 Å². The second kappa shape index (κ2) is 6.64. The number of hydrogen-bond acceptors (Lipinski definition) is 3. The first-order valence-electron chi connectivity index (χ1n) is 7.33. The predicted octanol–water partition coefficient (Wildman–Crippen LogP) is 2.48. The lowest BCUT2D eigenvalue weighted by Crippen LogP contribution is -2.40. The molecule has 1 aromatic carbocycles. The summed E-state index contributed by atoms with van der Waals surface area (Å²) >= 11 is 0. The fourth-order valence-corrected chi connectivity index (χ4v) is 2.78. The van der Waals surface area contributed by atoms with E-state index in [0.717, 1.165) is 38.0 Å². The maximum Gasteiger partial charge on any atom is 0.226 e. The van der Waals surface area contributed by atoms with Gasteiger partial charge in [0.1, 0.15) is 5.75 Å². The third kappa shape index (κ3) is 3.65. The molecule has 0 radical (unpaired) electrons. The Morgan fingerprint density at radius 3 is 2.55 bits per heavy atom. The molecule has 1 heterocycles. The molecule has 1 N–H and O–H groups in total. The van der Waals surface area contributed by atoms with Crippen LogP contribution in [0.2, 0.25) is 0 Å². The molecule has 1 aliphatic heterocycles. The fraction of sp³-hybridized carbons (Fsp3) is 0.562. The molecule has 1 fully saturated rings. The molecule has 0 aromatic heterocycles. The van der Waals surface area contributed by atoms with Gasteiger partial charge in [0, 0.05) is 32.9 Å². The van der Waals surface area contributed by atoms with Gasteiger partial charge in [-0.05, 0) is 37.1 Å². The Bertz CT molecular complexity index is 442. The Morgan fingerprint density at radius 2 is 1.90 bits per heavy atom. The molecule has 0 saturated carbocycles. The molecule has 4 nitrogen and oxygen atoms in total. The Balaban J connectivity index is 2.13. The Morgan fingerprint density at radius 1 is 1.20 bits per heavy atom. The standard InChI is InChI=1S/C16H24N2O2/c1-17(2)16(20)13-6-4-3-5-11-18(12-13)14-7-9-15(19)10-8-14/h7-10,13,19H,3-6,11-12H2,1-2H3/t13-/m0/s1. The molecular formula is C16H24N2O2. The number of benzene rings is 1. The summed E-state index contributed by atoms with van der Waals surface area (Å²) in [5.74, 6) is 0.566. The van der Waals surface area contributed by atoms with Crippen LogP contribution in [0.3, 0.4) is 0 Å². The number of anilines is 1. The first kappa shape index (κ1) is 14.7. The largest absolute Gasteiger partial charge is 0.508 e. The van der Waals surface area contributed by atoms with E-state index in [9.17, 15) is 9.90 Å². The number of carbonyl (C=O) groups excluding carboxylic acids is 1. The van der Waals surface area contributed by atoms with E-state index in [0.29, 0.717) is 0 Å². The van der Waals surface area contributed by atoms with Crippen LogP contribution in [0.15, 0.2) is 24.3 Å². The summed E-state index contributed by atoms with van der Waals surface area (Å²) in [5, 5.41) is 9.39. The molecular weight excluding hydrogens is 252 g/mol. The normalized spacial score (nSPS) is 20.1. The zero-order valence-electron chi connectivity index (χ0n) is 12.4. The highest BCUT2D eigenvalue weighted by atomic mass is 16.3. The Kier molecular flexibility index (Phi) is 4.88. The van der Waals surface area contributed by atoms with Crippen LogP contribution in [0.1, 0.15) is 25.7 Å². The summed E-state index contributed by atoms with van der Waals surface area (Å²) in [6.07, 6.45) is 4.43. The second-order valence-corrected chi connectivity index (χ2v) is 5.74. The molecule has 1 atom stereocenters. The van der Waals surface area contributed by atoms with Gasteiger partial charge in [0.25, 0.3) is 0 Å². The molecule has 2 rings (SSSR count). The van der Waals surface area contributed by atoms with Gasteiger partial charge >= 0.3 is 0 Å². The zero-order chi connectivity index (χ0) is 14.5. The third-order valence-corrected chi connectivity index (χ3v) is 3.93. The van der Waals surface area contributed by atoms with E-state index in [-0.39, 0.29) is 17.6 Å². The predicted molar refractivity (Wildman–Crippen MR) is 81.0 cm³/mol. The van der Waals surface area contributed by atoms with E-state index in [4.69, 9.17) is 0 Å².